The summed E-state index contributed by atoms with van der Waals surface area (Å²) in [6, 6.07) is 9.09. The number of benzene rings is 1. The molecule has 0 unspecified atom stereocenters. The molecule has 0 saturated carbocycles. The zero-order chi connectivity index (χ0) is 38.9. The van der Waals surface area contributed by atoms with Crippen molar-refractivity contribution in [2.75, 3.05) is 54.0 Å². The van der Waals surface area contributed by atoms with Crippen LogP contribution in [0, 0.1) is 23.7 Å². The van der Waals surface area contributed by atoms with Crippen molar-refractivity contribution in [2.24, 2.45) is 17.3 Å². The summed E-state index contributed by atoms with van der Waals surface area (Å²) >= 11 is 0. The third kappa shape index (κ3) is 12.5. The number of rotatable bonds is 13. The molecular formula is C39H63F3N3O7. The fourth-order valence-corrected chi connectivity index (χ4v) is 7.53. The minimum Gasteiger partial charge on any atom is -0.463 e. The number of nitrogens with one attached hydrogen (secondary N) is 1. The van der Waals surface area contributed by atoms with Crippen LogP contribution in [-0.4, -0.2) is 124 Å². The summed E-state index contributed by atoms with van der Waals surface area (Å²) in [6.07, 6.45) is -3.04. The molecule has 52 heavy (non-hydrogen) atoms. The topological polar surface area (TPSA) is 98.8 Å². The van der Waals surface area contributed by atoms with Crippen molar-refractivity contribution in [3.05, 3.63) is 42.3 Å². The van der Waals surface area contributed by atoms with Gasteiger partial charge in [0.2, 0.25) is 0 Å². The van der Waals surface area contributed by atoms with E-state index in [9.17, 15) is 22.8 Å². The van der Waals surface area contributed by atoms with E-state index in [1.165, 1.54) is 0 Å². The van der Waals surface area contributed by atoms with E-state index >= 15 is 0 Å². The first kappa shape index (κ1) is 44.3. The monoisotopic (exact) mass is 742 g/mol. The minimum atomic E-state index is -4.36. The molecule has 2 fully saturated rings. The highest BCUT2D eigenvalue weighted by atomic mass is 19.4. The number of carbonyl (C=O) groups is 2. The van der Waals surface area contributed by atoms with Crippen LogP contribution >= 0.6 is 0 Å². The van der Waals surface area contributed by atoms with Crippen LogP contribution in [0.3, 0.4) is 0 Å². The van der Waals surface area contributed by atoms with Crippen molar-refractivity contribution in [1.29, 1.82) is 0 Å². The van der Waals surface area contributed by atoms with Gasteiger partial charge in [-0.05, 0) is 85.6 Å². The molecule has 0 aliphatic carbocycles. The van der Waals surface area contributed by atoms with Gasteiger partial charge in [-0.1, -0.05) is 51.1 Å². The van der Waals surface area contributed by atoms with Crippen LogP contribution in [0.4, 0.5) is 13.2 Å². The standard InChI is InChI=1S/C39H63F3N3O7/c1-11-45-22-26(2)21-38(7,48-10)35(52-33-20-30(44(8)9)19-27(3)51-33)28(4)34(46)37(5,6)36(47)50-24-31(45)32(17-18-43-25-39(40,41)42)49-23-29-15-13-12-14-16-29/h12-16,20,26-28,30-33,35,43H,11,17-19,21-25H2,1-10H3/t26-,27-,28+,30-,31+,32-,33+,35-,38-/m1/s1. The van der Waals surface area contributed by atoms with Crippen LogP contribution in [0.15, 0.2) is 30.3 Å². The van der Waals surface area contributed by atoms with E-state index in [2.05, 4.69) is 22.0 Å². The molecule has 2 aliphatic rings. The SMILES string of the molecule is CCN1C[C@H](C)C[C@@](C)(OC)[C@H](O[C@H]2[CH][C@H](N(C)C)C[C@@H](C)O2)[C@@H](C)C(=O)C(C)(C)C(=O)OC[C@H]1[C@@H](CCNCC(F)(F)F)OCc1ccccc1. The Kier molecular flexibility index (Phi) is 16.6. The van der Waals surface area contributed by atoms with Crippen LogP contribution in [0.25, 0.3) is 0 Å². The van der Waals surface area contributed by atoms with Crippen molar-refractivity contribution < 1.29 is 46.4 Å². The molecule has 1 radical (unpaired) electrons. The van der Waals surface area contributed by atoms with Gasteiger partial charge >= 0.3 is 12.1 Å². The second-order valence-electron chi connectivity index (χ2n) is 15.6. The molecule has 0 aromatic heterocycles. The Balaban J connectivity index is 2.00. The number of esters is 1. The number of cyclic esters (lactones) is 1. The van der Waals surface area contributed by atoms with Gasteiger partial charge in [0.05, 0.1) is 43.1 Å². The van der Waals surface area contributed by atoms with Crippen LogP contribution in [0.5, 0.6) is 0 Å². The van der Waals surface area contributed by atoms with E-state index in [0.29, 0.717) is 19.5 Å². The highest BCUT2D eigenvalue weighted by molar-refractivity contribution is 6.04. The smallest absolute Gasteiger partial charge is 0.401 e. The molecule has 297 valence electrons. The molecule has 2 saturated heterocycles. The van der Waals surface area contributed by atoms with E-state index in [1.807, 2.05) is 71.6 Å². The molecule has 1 aromatic rings. The van der Waals surface area contributed by atoms with Crippen LogP contribution in [0.2, 0.25) is 0 Å². The summed E-state index contributed by atoms with van der Waals surface area (Å²) in [7, 11) is 5.61. The highest BCUT2D eigenvalue weighted by Gasteiger charge is 2.50. The molecule has 1 N–H and O–H groups in total. The van der Waals surface area contributed by atoms with Gasteiger partial charge in [0.1, 0.15) is 12.0 Å². The fraction of sp³-hybridized carbons (Fsp3) is 0.769. The lowest BCUT2D eigenvalue weighted by Crippen LogP contribution is -2.55. The van der Waals surface area contributed by atoms with Gasteiger partial charge in [-0.2, -0.15) is 13.2 Å². The molecule has 0 amide bonds. The lowest BCUT2D eigenvalue weighted by Gasteiger charge is -2.45. The van der Waals surface area contributed by atoms with Gasteiger partial charge in [-0.15, -0.1) is 0 Å². The molecule has 9 atom stereocenters. The van der Waals surface area contributed by atoms with E-state index < -0.39 is 60.2 Å². The number of likely N-dealkylation sites (N-methyl/N-ethyl adjacent to an activating group) is 1. The summed E-state index contributed by atoms with van der Waals surface area (Å²) in [4.78, 5) is 32.5. The highest BCUT2D eigenvalue weighted by Crippen LogP contribution is 2.38. The third-order valence-electron chi connectivity index (χ3n) is 10.6. The molecule has 0 bridgehead atoms. The third-order valence-corrected chi connectivity index (χ3v) is 10.6. The number of hydrogen-bond donors (Lipinski definition) is 1. The summed E-state index contributed by atoms with van der Waals surface area (Å²) in [5, 5.41) is 2.49. The summed E-state index contributed by atoms with van der Waals surface area (Å²) < 4.78 is 70.7. The van der Waals surface area contributed by atoms with Gasteiger partial charge < -0.3 is 33.9 Å². The van der Waals surface area contributed by atoms with Crippen molar-refractivity contribution in [3.63, 3.8) is 0 Å². The van der Waals surface area contributed by atoms with Gasteiger partial charge in [-0.3, -0.25) is 14.5 Å². The Morgan fingerprint density at radius 1 is 1.10 bits per heavy atom. The maximum absolute atomic E-state index is 14.4. The first-order valence-corrected chi connectivity index (χ1v) is 18.6. The molecule has 1 aromatic carbocycles. The fourth-order valence-electron chi connectivity index (χ4n) is 7.53. The zero-order valence-electron chi connectivity index (χ0n) is 32.8. The number of carbonyl (C=O) groups excluding carboxylic acids is 2. The van der Waals surface area contributed by atoms with Crippen LogP contribution in [0.1, 0.15) is 73.3 Å². The average Bonchev–Trinajstić information content (AvgIpc) is 3.08. The molecule has 2 aliphatic heterocycles. The normalized spacial score (nSPS) is 32.1. The number of nitrogens with zero attached hydrogens (tertiary/aromatic N) is 2. The predicted octanol–water partition coefficient (Wildman–Crippen LogP) is 5.68. The molecule has 13 heteroatoms. The Bertz CT molecular complexity index is 1250. The van der Waals surface area contributed by atoms with Crippen LogP contribution < -0.4 is 5.32 Å². The first-order valence-electron chi connectivity index (χ1n) is 18.6. The number of halogens is 3. The molecular weight excluding hydrogens is 679 g/mol. The van der Waals surface area contributed by atoms with E-state index in [-0.39, 0.29) is 50.0 Å². The molecule has 3 rings (SSSR count). The van der Waals surface area contributed by atoms with Gasteiger partial charge in [0.15, 0.2) is 12.1 Å². The Hall–Kier alpha value is -2.13. The zero-order valence-corrected chi connectivity index (χ0v) is 32.8. The second kappa shape index (κ2) is 19.5. The Morgan fingerprint density at radius 2 is 1.77 bits per heavy atom. The number of ether oxygens (including phenoxy) is 5. The maximum atomic E-state index is 14.4. The quantitative estimate of drug-likeness (QED) is 0.155. The second-order valence-corrected chi connectivity index (χ2v) is 15.6. The number of Topliss-reactive ketones (excluding diaryl/α,β-unsaturated/α-hetero) is 1. The Labute approximate surface area is 309 Å². The van der Waals surface area contributed by atoms with Gasteiger partial charge in [-0.25, -0.2) is 0 Å². The van der Waals surface area contributed by atoms with Gasteiger partial charge in [0, 0.05) is 32.0 Å². The van der Waals surface area contributed by atoms with Crippen LogP contribution in [-0.2, 0) is 39.9 Å². The average molecular weight is 743 g/mol. The lowest BCUT2D eigenvalue weighted by molar-refractivity contribution is -0.245. The van der Waals surface area contributed by atoms with E-state index in [0.717, 1.165) is 12.0 Å². The largest absolute Gasteiger partial charge is 0.463 e. The molecule has 0 spiro atoms. The Morgan fingerprint density at radius 3 is 2.37 bits per heavy atom. The maximum Gasteiger partial charge on any atom is 0.401 e. The predicted molar refractivity (Wildman–Crippen MR) is 193 cm³/mol. The first-order chi connectivity index (χ1) is 24.3. The lowest BCUT2D eigenvalue weighted by atomic mass is 9.74. The molecule has 2 heterocycles. The number of ketones is 1. The number of alkyl halides is 3. The molecule has 10 nitrogen and oxygen atoms in total. The van der Waals surface area contributed by atoms with Crippen molar-refractivity contribution in [3.8, 4) is 0 Å². The minimum absolute atomic E-state index is 0.0203. The summed E-state index contributed by atoms with van der Waals surface area (Å²) in [5.41, 5.74) is -1.63. The van der Waals surface area contributed by atoms with Gasteiger partial charge in [0.25, 0.3) is 0 Å². The van der Waals surface area contributed by atoms with Crippen molar-refractivity contribution in [2.45, 2.75) is 123 Å². The number of hydrogen-bond acceptors (Lipinski definition) is 10. The summed E-state index contributed by atoms with van der Waals surface area (Å²) in [5.74, 6) is -1.86. The summed E-state index contributed by atoms with van der Waals surface area (Å²) in [6.45, 7) is 13.0. The van der Waals surface area contributed by atoms with E-state index in [1.54, 1.807) is 27.9 Å². The van der Waals surface area contributed by atoms with Crippen molar-refractivity contribution in [1.82, 2.24) is 15.1 Å². The van der Waals surface area contributed by atoms with E-state index in [4.69, 9.17) is 23.7 Å². The van der Waals surface area contributed by atoms with Crippen molar-refractivity contribution >= 4 is 11.8 Å². The number of methoxy groups -OCH3 is 1.